The van der Waals surface area contributed by atoms with E-state index in [0.29, 0.717) is 44.5 Å². The maximum Gasteiger partial charge on any atom is 0.247 e. The Morgan fingerprint density at radius 3 is 2.61 bits per heavy atom. The van der Waals surface area contributed by atoms with E-state index in [-0.39, 0.29) is 5.82 Å². The van der Waals surface area contributed by atoms with Gasteiger partial charge in [-0.05, 0) is 17.7 Å². The number of piperazine rings is 1. The van der Waals surface area contributed by atoms with Crippen LogP contribution in [-0.4, -0.2) is 52.7 Å². The molecule has 1 N–H and O–H groups in total. The first-order valence-electron chi connectivity index (χ1n) is 7.37. The van der Waals surface area contributed by atoms with Gasteiger partial charge in [-0.3, -0.25) is 4.79 Å². The minimum Gasteiger partial charge on any atom is -0.365 e. The number of anilines is 2. The number of hydrogen-bond acceptors (Lipinski definition) is 6. The summed E-state index contributed by atoms with van der Waals surface area (Å²) >= 11 is 0. The van der Waals surface area contributed by atoms with Crippen LogP contribution >= 0.6 is 0 Å². The van der Waals surface area contributed by atoms with E-state index in [2.05, 4.69) is 20.5 Å². The number of carbonyl (C=O) groups is 1. The van der Waals surface area contributed by atoms with Crippen LogP contribution in [0.4, 0.5) is 16.2 Å². The van der Waals surface area contributed by atoms with Crippen LogP contribution in [0.1, 0.15) is 5.56 Å². The topological polar surface area (TPSA) is 74.2 Å². The number of aromatic nitrogens is 3. The van der Waals surface area contributed by atoms with Crippen LogP contribution in [0.3, 0.4) is 0 Å². The quantitative estimate of drug-likeness (QED) is 0.826. The van der Waals surface area contributed by atoms with E-state index in [4.69, 9.17) is 0 Å². The van der Waals surface area contributed by atoms with Gasteiger partial charge in [-0.25, -0.2) is 4.39 Å². The van der Waals surface area contributed by atoms with Crippen molar-refractivity contribution in [3.05, 3.63) is 41.8 Å². The predicted octanol–water partition coefficient (Wildman–Crippen LogP) is 0.901. The molecule has 7 nitrogen and oxygen atoms in total. The molecule has 23 heavy (non-hydrogen) atoms. The molecule has 1 aromatic carbocycles. The molecular formula is C15H17FN6O. The van der Waals surface area contributed by atoms with Gasteiger partial charge in [0.05, 0.1) is 6.20 Å². The van der Waals surface area contributed by atoms with Crippen LogP contribution in [0.2, 0.25) is 0 Å². The van der Waals surface area contributed by atoms with Crippen LogP contribution in [-0.2, 0) is 11.3 Å². The van der Waals surface area contributed by atoms with Crippen molar-refractivity contribution >= 4 is 18.2 Å². The first kappa shape index (κ1) is 15.1. The number of halogens is 1. The van der Waals surface area contributed by atoms with E-state index in [9.17, 15) is 9.18 Å². The molecule has 1 saturated heterocycles. The Balaban J connectivity index is 1.61. The minimum atomic E-state index is -0.255. The fourth-order valence-electron chi connectivity index (χ4n) is 2.34. The Bertz CT molecular complexity index is 657. The summed E-state index contributed by atoms with van der Waals surface area (Å²) in [4.78, 5) is 18.9. The van der Waals surface area contributed by atoms with Crippen molar-refractivity contribution in [2.24, 2.45) is 0 Å². The number of hydrogen-bond donors (Lipinski definition) is 1. The van der Waals surface area contributed by atoms with Gasteiger partial charge in [-0.15, -0.1) is 5.10 Å². The van der Waals surface area contributed by atoms with Crippen LogP contribution in [0.5, 0.6) is 0 Å². The van der Waals surface area contributed by atoms with Gasteiger partial charge in [0, 0.05) is 32.7 Å². The van der Waals surface area contributed by atoms with E-state index in [0.717, 1.165) is 12.0 Å². The average molecular weight is 316 g/mol. The summed E-state index contributed by atoms with van der Waals surface area (Å²) in [5.74, 6) is 0.894. The highest BCUT2D eigenvalue weighted by atomic mass is 19.1. The normalized spacial score (nSPS) is 14.7. The van der Waals surface area contributed by atoms with Crippen molar-refractivity contribution in [2.45, 2.75) is 6.54 Å². The molecule has 8 heteroatoms. The summed E-state index contributed by atoms with van der Waals surface area (Å²) in [6.45, 7) is 3.20. The van der Waals surface area contributed by atoms with Gasteiger partial charge in [-0.2, -0.15) is 10.1 Å². The molecule has 1 aromatic heterocycles. The Labute approximate surface area is 133 Å². The second-order valence-electron chi connectivity index (χ2n) is 5.25. The molecule has 120 valence electrons. The van der Waals surface area contributed by atoms with Crippen molar-refractivity contribution < 1.29 is 9.18 Å². The third-order valence-corrected chi connectivity index (χ3v) is 3.68. The van der Waals surface area contributed by atoms with Gasteiger partial charge in [0.1, 0.15) is 5.82 Å². The minimum absolute atomic E-state index is 0.255. The van der Waals surface area contributed by atoms with E-state index >= 15 is 0 Å². The monoisotopic (exact) mass is 316 g/mol. The fourth-order valence-corrected chi connectivity index (χ4v) is 2.34. The zero-order chi connectivity index (χ0) is 16.1. The molecule has 0 bridgehead atoms. The van der Waals surface area contributed by atoms with Gasteiger partial charge in [0.2, 0.25) is 12.4 Å². The molecule has 0 atom stereocenters. The molecular weight excluding hydrogens is 299 g/mol. The van der Waals surface area contributed by atoms with Crippen molar-refractivity contribution in [2.75, 3.05) is 36.4 Å². The fraction of sp³-hybridized carbons (Fsp3) is 0.333. The average Bonchev–Trinajstić information content (AvgIpc) is 2.61. The summed E-state index contributed by atoms with van der Waals surface area (Å²) in [6.07, 6.45) is 2.41. The molecule has 0 saturated carbocycles. The maximum atomic E-state index is 12.9. The SMILES string of the molecule is O=CN1CCN(c2nncc(NCc3ccc(F)cc3)n2)CC1. The van der Waals surface area contributed by atoms with E-state index < -0.39 is 0 Å². The van der Waals surface area contributed by atoms with Gasteiger partial charge >= 0.3 is 0 Å². The summed E-state index contributed by atoms with van der Waals surface area (Å²) < 4.78 is 12.9. The summed E-state index contributed by atoms with van der Waals surface area (Å²) in [5, 5.41) is 11.2. The Hall–Kier alpha value is -2.77. The van der Waals surface area contributed by atoms with Crippen molar-refractivity contribution in [3.63, 3.8) is 0 Å². The largest absolute Gasteiger partial charge is 0.365 e. The second-order valence-corrected chi connectivity index (χ2v) is 5.25. The van der Waals surface area contributed by atoms with Gasteiger partial charge in [0.15, 0.2) is 5.82 Å². The molecule has 2 aromatic rings. The number of carbonyl (C=O) groups excluding carboxylic acids is 1. The second kappa shape index (κ2) is 6.99. The van der Waals surface area contributed by atoms with Crippen LogP contribution < -0.4 is 10.2 Å². The molecule has 2 heterocycles. The third kappa shape index (κ3) is 3.91. The lowest BCUT2D eigenvalue weighted by atomic mass is 10.2. The van der Waals surface area contributed by atoms with Crippen LogP contribution in [0.15, 0.2) is 30.5 Å². The first-order chi connectivity index (χ1) is 11.2. The molecule has 1 fully saturated rings. The lowest BCUT2D eigenvalue weighted by Gasteiger charge is -2.32. The Kier molecular flexibility index (Phi) is 4.60. The number of benzene rings is 1. The van der Waals surface area contributed by atoms with E-state index in [1.807, 2.05) is 4.90 Å². The molecule has 1 aliphatic rings. The predicted molar refractivity (Wildman–Crippen MR) is 83.4 cm³/mol. The van der Waals surface area contributed by atoms with Crippen molar-refractivity contribution in [3.8, 4) is 0 Å². The molecule has 0 spiro atoms. The Morgan fingerprint density at radius 2 is 1.91 bits per heavy atom. The lowest BCUT2D eigenvalue weighted by molar-refractivity contribution is -0.118. The van der Waals surface area contributed by atoms with Crippen LogP contribution in [0, 0.1) is 5.82 Å². The molecule has 0 aliphatic carbocycles. The molecule has 1 amide bonds. The van der Waals surface area contributed by atoms with Gasteiger partial charge in [0.25, 0.3) is 0 Å². The number of amides is 1. The maximum absolute atomic E-state index is 12.9. The molecule has 1 aliphatic heterocycles. The highest BCUT2D eigenvalue weighted by Gasteiger charge is 2.18. The summed E-state index contributed by atoms with van der Waals surface area (Å²) in [6, 6.07) is 6.29. The smallest absolute Gasteiger partial charge is 0.247 e. The van der Waals surface area contributed by atoms with E-state index in [1.165, 1.54) is 12.1 Å². The molecule has 3 rings (SSSR count). The summed E-state index contributed by atoms with van der Waals surface area (Å²) in [7, 11) is 0. The zero-order valence-corrected chi connectivity index (χ0v) is 12.5. The molecule has 0 radical (unpaired) electrons. The van der Waals surface area contributed by atoms with E-state index in [1.54, 1.807) is 23.2 Å². The summed E-state index contributed by atoms with van der Waals surface area (Å²) in [5.41, 5.74) is 0.950. The highest BCUT2D eigenvalue weighted by Crippen LogP contribution is 2.13. The number of nitrogens with zero attached hydrogens (tertiary/aromatic N) is 5. The number of rotatable bonds is 5. The zero-order valence-electron chi connectivity index (χ0n) is 12.5. The van der Waals surface area contributed by atoms with Crippen molar-refractivity contribution in [1.29, 1.82) is 0 Å². The first-order valence-corrected chi connectivity index (χ1v) is 7.37. The standard InChI is InChI=1S/C15H17FN6O/c16-13-3-1-12(2-4-13)9-17-14-10-18-20-15(19-14)22-7-5-21(11-23)6-8-22/h1-4,10-11H,5-9H2,(H,17,19,20). The highest BCUT2D eigenvalue weighted by molar-refractivity contribution is 5.48. The third-order valence-electron chi connectivity index (χ3n) is 3.68. The molecule has 0 unspecified atom stereocenters. The van der Waals surface area contributed by atoms with Gasteiger partial charge < -0.3 is 15.1 Å². The van der Waals surface area contributed by atoms with Crippen LogP contribution in [0.25, 0.3) is 0 Å². The van der Waals surface area contributed by atoms with Crippen molar-refractivity contribution in [1.82, 2.24) is 20.1 Å². The Morgan fingerprint density at radius 1 is 1.17 bits per heavy atom. The van der Waals surface area contributed by atoms with Gasteiger partial charge in [-0.1, -0.05) is 12.1 Å². The number of nitrogens with one attached hydrogen (secondary N) is 1. The lowest BCUT2D eigenvalue weighted by Crippen LogP contribution is -2.46.